The largest absolute Gasteiger partial charge is 0.385 e. The molecule has 0 spiro atoms. The Morgan fingerprint density at radius 2 is 1.68 bits per heavy atom. The minimum atomic E-state index is 0.905. The van der Waals surface area contributed by atoms with Gasteiger partial charge in [0.15, 0.2) is 0 Å². The molecule has 0 aliphatic rings. The Hall–Kier alpha value is -2.35. The van der Waals surface area contributed by atoms with Gasteiger partial charge in [0, 0.05) is 23.2 Å². The highest BCUT2D eigenvalue weighted by Crippen LogP contribution is 2.27. The molecule has 0 unspecified atom stereocenters. The van der Waals surface area contributed by atoms with Crippen molar-refractivity contribution in [2.75, 3.05) is 11.9 Å². The van der Waals surface area contributed by atoms with E-state index in [-0.39, 0.29) is 0 Å². The van der Waals surface area contributed by atoms with Crippen molar-refractivity contribution in [3.05, 3.63) is 60.7 Å². The number of anilines is 1. The predicted octanol–water partition coefficient (Wildman–Crippen LogP) is 4.33. The number of para-hydroxylation sites is 1. The number of fused-ring (bicyclic) bond motifs is 1. The van der Waals surface area contributed by atoms with Gasteiger partial charge in [0.05, 0.1) is 11.2 Å². The molecule has 3 aromatic rings. The van der Waals surface area contributed by atoms with Crippen molar-refractivity contribution in [1.29, 1.82) is 0 Å². The first kappa shape index (κ1) is 11.7. The third-order valence-corrected chi connectivity index (χ3v) is 3.15. The van der Waals surface area contributed by atoms with Gasteiger partial charge in [-0.2, -0.15) is 0 Å². The van der Waals surface area contributed by atoms with Gasteiger partial charge in [-0.15, -0.1) is 0 Å². The second-order valence-corrected chi connectivity index (χ2v) is 4.47. The maximum Gasteiger partial charge on any atom is 0.0730 e. The second-order valence-electron chi connectivity index (χ2n) is 4.47. The van der Waals surface area contributed by atoms with Crippen LogP contribution in [0, 0.1) is 0 Å². The van der Waals surface area contributed by atoms with Crippen LogP contribution in [0.3, 0.4) is 0 Å². The molecule has 0 aliphatic heterocycles. The molecule has 0 aliphatic carbocycles. The SMILES string of the molecule is CCNc1cc(-c2ccccc2)nc2ccccc12. The zero-order valence-electron chi connectivity index (χ0n) is 10.9. The second kappa shape index (κ2) is 5.11. The number of pyridine rings is 1. The molecule has 1 N–H and O–H groups in total. The third-order valence-electron chi connectivity index (χ3n) is 3.15. The monoisotopic (exact) mass is 248 g/mol. The first-order valence-corrected chi connectivity index (χ1v) is 6.57. The quantitative estimate of drug-likeness (QED) is 0.746. The average molecular weight is 248 g/mol. The van der Waals surface area contributed by atoms with Gasteiger partial charge in [-0.05, 0) is 19.1 Å². The van der Waals surface area contributed by atoms with Crippen LogP contribution in [-0.4, -0.2) is 11.5 Å². The summed E-state index contributed by atoms with van der Waals surface area (Å²) >= 11 is 0. The lowest BCUT2D eigenvalue weighted by molar-refractivity contribution is 1.21. The topological polar surface area (TPSA) is 24.9 Å². The summed E-state index contributed by atoms with van der Waals surface area (Å²) in [6, 6.07) is 20.7. The Labute approximate surface area is 113 Å². The molecular formula is C17H16N2. The summed E-state index contributed by atoms with van der Waals surface area (Å²) in [7, 11) is 0. The smallest absolute Gasteiger partial charge is 0.0730 e. The molecule has 0 saturated heterocycles. The highest BCUT2D eigenvalue weighted by Gasteiger charge is 2.06. The standard InChI is InChI=1S/C17H16N2/c1-2-18-17-12-16(13-8-4-3-5-9-13)19-15-11-7-6-10-14(15)17/h3-12H,2H2,1H3,(H,18,19). The molecular weight excluding hydrogens is 232 g/mol. The molecule has 0 fully saturated rings. The molecule has 0 bridgehead atoms. The number of benzene rings is 2. The number of nitrogens with one attached hydrogen (secondary N) is 1. The van der Waals surface area contributed by atoms with Crippen LogP contribution in [0.25, 0.3) is 22.2 Å². The van der Waals surface area contributed by atoms with Crippen molar-refractivity contribution < 1.29 is 0 Å². The molecule has 2 nitrogen and oxygen atoms in total. The van der Waals surface area contributed by atoms with Crippen LogP contribution in [0.4, 0.5) is 5.69 Å². The maximum atomic E-state index is 4.75. The van der Waals surface area contributed by atoms with E-state index in [9.17, 15) is 0 Å². The molecule has 0 amide bonds. The van der Waals surface area contributed by atoms with Crippen LogP contribution in [0.5, 0.6) is 0 Å². The lowest BCUT2D eigenvalue weighted by atomic mass is 10.1. The molecule has 94 valence electrons. The van der Waals surface area contributed by atoms with Gasteiger partial charge in [-0.3, -0.25) is 0 Å². The Morgan fingerprint density at radius 1 is 0.947 bits per heavy atom. The average Bonchev–Trinajstić information content (AvgIpc) is 2.48. The van der Waals surface area contributed by atoms with Gasteiger partial charge in [-0.25, -0.2) is 4.98 Å². The van der Waals surface area contributed by atoms with Gasteiger partial charge in [0.2, 0.25) is 0 Å². The van der Waals surface area contributed by atoms with Crippen LogP contribution in [0.15, 0.2) is 60.7 Å². The van der Waals surface area contributed by atoms with Crippen molar-refractivity contribution in [3.63, 3.8) is 0 Å². The van der Waals surface area contributed by atoms with Crippen molar-refractivity contribution >= 4 is 16.6 Å². The molecule has 1 aromatic heterocycles. The Kier molecular flexibility index (Phi) is 3.15. The molecule has 2 aromatic carbocycles. The van der Waals surface area contributed by atoms with Crippen molar-refractivity contribution in [1.82, 2.24) is 4.98 Å². The summed E-state index contributed by atoms with van der Waals surface area (Å²) in [4.78, 5) is 4.75. The molecule has 3 rings (SSSR count). The van der Waals surface area contributed by atoms with Crippen LogP contribution in [0.1, 0.15) is 6.92 Å². The van der Waals surface area contributed by atoms with Crippen LogP contribution < -0.4 is 5.32 Å². The summed E-state index contributed by atoms with van der Waals surface area (Å²) in [5.41, 5.74) is 4.33. The van der Waals surface area contributed by atoms with Crippen LogP contribution in [-0.2, 0) is 0 Å². The molecule has 0 radical (unpaired) electrons. The number of rotatable bonds is 3. The minimum absolute atomic E-state index is 0.905. The van der Waals surface area contributed by atoms with E-state index in [0.717, 1.165) is 29.0 Å². The van der Waals surface area contributed by atoms with E-state index >= 15 is 0 Å². The van der Waals surface area contributed by atoms with Gasteiger partial charge in [-0.1, -0.05) is 48.5 Å². The van der Waals surface area contributed by atoms with Crippen molar-refractivity contribution in [3.8, 4) is 11.3 Å². The number of hydrogen-bond acceptors (Lipinski definition) is 2. The van der Waals surface area contributed by atoms with E-state index in [1.807, 2.05) is 30.3 Å². The van der Waals surface area contributed by atoms with E-state index in [0.29, 0.717) is 0 Å². The molecule has 0 saturated carbocycles. The molecule has 19 heavy (non-hydrogen) atoms. The van der Waals surface area contributed by atoms with Gasteiger partial charge < -0.3 is 5.32 Å². The lowest BCUT2D eigenvalue weighted by Gasteiger charge is -2.10. The van der Waals surface area contributed by atoms with E-state index in [2.05, 4.69) is 42.6 Å². The van der Waals surface area contributed by atoms with Crippen LogP contribution >= 0.6 is 0 Å². The zero-order valence-corrected chi connectivity index (χ0v) is 10.9. The number of hydrogen-bond donors (Lipinski definition) is 1. The predicted molar refractivity (Wildman–Crippen MR) is 81.3 cm³/mol. The van der Waals surface area contributed by atoms with Gasteiger partial charge in [0.25, 0.3) is 0 Å². The van der Waals surface area contributed by atoms with E-state index in [1.165, 1.54) is 5.39 Å². The van der Waals surface area contributed by atoms with Crippen LogP contribution in [0.2, 0.25) is 0 Å². The summed E-state index contributed by atoms with van der Waals surface area (Å²) < 4.78 is 0. The zero-order chi connectivity index (χ0) is 13.1. The molecule has 2 heteroatoms. The number of nitrogens with zero attached hydrogens (tertiary/aromatic N) is 1. The van der Waals surface area contributed by atoms with Crippen molar-refractivity contribution in [2.45, 2.75) is 6.92 Å². The summed E-state index contributed by atoms with van der Waals surface area (Å²) in [5, 5.41) is 4.59. The van der Waals surface area contributed by atoms with Crippen molar-refractivity contribution in [2.24, 2.45) is 0 Å². The Bertz CT molecular complexity index is 690. The Balaban J connectivity index is 2.22. The lowest BCUT2D eigenvalue weighted by Crippen LogP contribution is -1.99. The van der Waals surface area contributed by atoms with E-state index < -0.39 is 0 Å². The van der Waals surface area contributed by atoms with Gasteiger partial charge in [0.1, 0.15) is 0 Å². The maximum absolute atomic E-state index is 4.75. The first-order valence-electron chi connectivity index (χ1n) is 6.57. The summed E-state index contributed by atoms with van der Waals surface area (Å²) in [6.07, 6.45) is 0. The van der Waals surface area contributed by atoms with E-state index in [4.69, 9.17) is 4.98 Å². The normalized spacial score (nSPS) is 10.6. The highest BCUT2D eigenvalue weighted by molar-refractivity contribution is 5.93. The molecule has 1 heterocycles. The van der Waals surface area contributed by atoms with E-state index in [1.54, 1.807) is 0 Å². The molecule has 0 atom stereocenters. The first-order chi connectivity index (χ1) is 9.38. The fourth-order valence-corrected chi connectivity index (χ4v) is 2.27. The fraction of sp³-hybridized carbons (Fsp3) is 0.118. The number of aromatic nitrogens is 1. The minimum Gasteiger partial charge on any atom is -0.385 e. The summed E-state index contributed by atoms with van der Waals surface area (Å²) in [5.74, 6) is 0. The third kappa shape index (κ3) is 2.29. The van der Waals surface area contributed by atoms with Gasteiger partial charge >= 0.3 is 0 Å². The highest BCUT2D eigenvalue weighted by atomic mass is 14.9. The summed E-state index contributed by atoms with van der Waals surface area (Å²) in [6.45, 7) is 3.01. The Morgan fingerprint density at radius 3 is 2.47 bits per heavy atom. The fourth-order valence-electron chi connectivity index (χ4n) is 2.27.